The zero-order valence-corrected chi connectivity index (χ0v) is 9.15. The summed E-state index contributed by atoms with van der Waals surface area (Å²) in [6, 6.07) is 0.669. The molecule has 1 aromatic heterocycles. The van der Waals surface area contributed by atoms with Gasteiger partial charge in [-0.3, -0.25) is 0 Å². The summed E-state index contributed by atoms with van der Waals surface area (Å²) in [5.41, 5.74) is 3.11. The summed E-state index contributed by atoms with van der Waals surface area (Å²) >= 11 is 1.67. The van der Waals surface area contributed by atoms with E-state index in [4.69, 9.17) is 0 Å². The maximum absolute atomic E-state index is 4.26. The topological polar surface area (TPSA) is 37.0 Å². The third kappa shape index (κ3) is 3.04. The maximum atomic E-state index is 4.26. The quantitative estimate of drug-likeness (QED) is 0.781. The average Bonchev–Trinajstić information content (AvgIpc) is 2.72. The molecule has 1 fully saturated rings. The lowest BCUT2D eigenvalue weighted by Gasteiger charge is -2.23. The Kier molecular flexibility index (Phi) is 3.91. The van der Waals surface area contributed by atoms with Crippen LogP contribution < -0.4 is 10.6 Å². The zero-order valence-electron chi connectivity index (χ0n) is 8.33. The van der Waals surface area contributed by atoms with Gasteiger partial charge in [0.1, 0.15) is 0 Å². The first-order valence-corrected chi connectivity index (χ1v) is 6.20. The van der Waals surface area contributed by atoms with E-state index in [0.717, 1.165) is 19.5 Å². The molecule has 0 aromatic carbocycles. The standard InChI is InChI=1S/C10H17N3S/c1-2-9(6-11-4-1)12-5-3-10-7-14-8-13-10/h7-9,11-12H,1-6H2. The van der Waals surface area contributed by atoms with Crippen molar-refractivity contribution in [3.05, 3.63) is 16.6 Å². The highest BCUT2D eigenvalue weighted by Gasteiger charge is 2.11. The second kappa shape index (κ2) is 5.44. The second-order valence-electron chi connectivity index (χ2n) is 3.73. The Labute approximate surface area is 88.9 Å². The Hall–Kier alpha value is -0.450. The number of hydrogen-bond donors (Lipinski definition) is 2. The van der Waals surface area contributed by atoms with Crippen LogP contribution in [-0.4, -0.2) is 30.7 Å². The van der Waals surface area contributed by atoms with Gasteiger partial charge in [-0.25, -0.2) is 4.98 Å². The Morgan fingerprint density at radius 3 is 3.36 bits per heavy atom. The van der Waals surface area contributed by atoms with E-state index in [1.54, 1.807) is 11.3 Å². The van der Waals surface area contributed by atoms with E-state index in [0.29, 0.717) is 6.04 Å². The minimum Gasteiger partial charge on any atom is -0.315 e. The highest BCUT2D eigenvalue weighted by Crippen LogP contribution is 2.03. The van der Waals surface area contributed by atoms with Crippen molar-refractivity contribution in [1.29, 1.82) is 0 Å². The van der Waals surface area contributed by atoms with E-state index in [1.165, 1.54) is 25.1 Å². The molecule has 2 heterocycles. The summed E-state index contributed by atoms with van der Waals surface area (Å²) in [6.07, 6.45) is 3.67. The summed E-state index contributed by atoms with van der Waals surface area (Å²) in [4.78, 5) is 4.26. The number of piperidine rings is 1. The van der Waals surface area contributed by atoms with Gasteiger partial charge in [0.05, 0.1) is 11.2 Å². The summed E-state index contributed by atoms with van der Waals surface area (Å²) in [5, 5.41) is 9.09. The van der Waals surface area contributed by atoms with Crippen molar-refractivity contribution >= 4 is 11.3 Å². The monoisotopic (exact) mass is 211 g/mol. The fraction of sp³-hybridized carbons (Fsp3) is 0.700. The van der Waals surface area contributed by atoms with Gasteiger partial charge in [0.25, 0.3) is 0 Å². The molecule has 1 aromatic rings. The molecule has 1 unspecified atom stereocenters. The van der Waals surface area contributed by atoms with Crippen LogP contribution in [0.4, 0.5) is 0 Å². The van der Waals surface area contributed by atoms with Gasteiger partial charge < -0.3 is 10.6 Å². The predicted octanol–water partition coefficient (Wildman–Crippen LogP) is 1.03. The fourth-order valence-electron chi connectivity index (χ4n) is 1.79. The lowest BCUT2D eigenvalue weighted by atomic mass is 10.1. The predicted molar refractivity (Wildman–Crippen MR) is 59.7 cm³/mol. The average molecular weight is 211 g/mol. The molecule has 2 N–H and O–H groups in total. The number of hydrogen-bond acceptors (Lipinski definition) is 4. The van der Waals surface area contributed by atoms with Crippen molar-refractivity contribution < 1.29 is 0 Å². The van der Waals surface area contributed by atoms with Gasteiger partial charge in [-0.15, -0.1) is 11.3 Å². The first-order chi connectivity index (χ1) is 6.95. The van der Waals surface area contributed by atoms with Gasteiger partial charge in [-0.2, -0.15) is 0 Å². The third-order valence-electron chi connectivity index (χ3n) is 2.59. The SMILES string of the molecule is c1nc(CCNC2CCCNC2)cs1. The van der Waals surface area contributed by atoms with Gasteiger partial charge >= 0.3 is 0 Å². The highest BCUT2D eigenvalue weighted by molar-refractivity contribution is 7.07. The highest BCUT2D eigenvalue weighted by atomic mass is 32.1. The smallest absolute Gasteiger partial charge is 0.0794 e. The summed E-state index contributed by atoms with van der Waals surface area (Å²) < 4.78 is 0. The Bertz CT molecular complexity index is 242. The van der Waals surface area contributed by atoms with Crippen molar-refractivity contribution in [1.82, 2.24) is 15.6 Å². The lowest BCUT2D eigenvalue weighted by molar-refractivity contribution is 0.392. The number of rotatable bonds is 4. The Morgan fingerprint density at radius 2 is 2.64 bits per heavy atom. The molecular formula is C10H17N3S. The van der Waals surface area contributed by atoms with Gasteiger partial charge in [0, 0.05) is 30.9 Å². The third-order valence-corrected chi connectivity index (χ3v) is 3.23. The van der Waals surface area contributed by atoms with Crippen molar-refractivity contribution in [2.45, 2.75) is 25.3 Å². The van der Waals surface area contributed by atoms with E-state index >= 15 is 0 Å². The van der Waals surface area contributed by atoms with Crippen molar-refractivity contribution in [2.24, 2.45) is 0 Å². The normalized spacial score (nSPS) is 22.4. The summed E-state index contributed by atoms with van der Waals surface area (Å²) in [7, 11) is 0. The van der Waals surface area contributed by atoms with Crippen LogP contribution in [0.25, 0.3) is 0 Å². The Balaban J connectivity index is 1.62. The van der Waals surface area contributed by atoms with Gasteiger partial charge in [0.15, 0.2) is 0 Å². The Morgan fingerprint density at radius 1 is 1.64 bits per heavy atom. The van der Waals surface area contributed by atoms with Crippen LogP contribution in [0.15, 0.2) is 10.9 Å². The van der Waals surface area contributed by atoms with Crippen LogP contribution in [-0.2, 0) is 6.42 Å². The molecule has 0 aliphatic carbocycles. The molecule has 1 saturated heterocycles. The number of nitrogens with zero attached hydrogens (tertiary/aromatic N) is 1. The van der Waals surface area contributed by atoms with Crippen LogP contribution in [0.1, 0.15) is 18.5 Å². The largest absolute Gasteiger partial charge is 0.315 e. The minimum atomic E-state index is 0.669. The first-order valence-electron chi connectivity index (χ1n) is 5.26. The van der Waals surface area contributed by atoms with Gasteiger partial charge in [-0.05, 0) is 19.4 Å². The lowest BCUT2D eigenvalue weighted by Crippen LogP contribution is -2.43. The summed E-state index contributed by atoms with van der Waals surface area (Å²) in [6.45, 7) is 3.36. The molecule has 0 amide bonds. The number of thiazole rings is 1. The molecule has 4 heteroatoms. The van der Waals surface area contributed by atoms with Gasteiger partial charge in [-0.1, -0.05) is 0 Å². The number of nitrogens with one attached hydrogen (secondary N) is 2. The molecule has 3 nitrogen and oxygen atoms in total. The van der Waals surface area contributed by atoms with Crippen LogP contribution in [0.2, 0.25) is 0 Å². The molecule has 14 heavy (non-hydrogen) atoms. The van der Waals surface area contributed by atoms with E-state index in [1.807, 2.05) is 5.51 Å². The zero-order chi connectivity index (χ0) is 9.64. The van der Waals surface area contributed by atoms with Crippen molar-refractivity contribution in [3.63, 3.8) is 0 Å². The molecule has 0 saturated carbocycles. The fourth-order valence-corrected chi connectivity index (χ4v) is 2.38. The van der Waals surface area contributed by atoms with Crippen LogP contribution in [0.3, 0.4) is 0 Å². The van der Waals surface area contributed by atoms with Gasteiger partial charge in [0.2, 0.25) is 0 Å². The van der Waals surface area contributed by atoms with E-state index < -0.39 is 0 Å². The molecule has 0 bridgehead atoms. The molecular weight excluding hydrogens is 194 g/mol. The second-order valence-corrected chi connectivity index (χ2v) is 4.45. The first kappa shape index (κ1) is 10.1. The molecule has 1 aliphatic heterocycles. The van der Waals surface area contributed by atoms with E-state index in [2.05, 4.69) is 21.0 Å². The van der Waals surface area contributed by atoms with E-state index in [-0.39, 0.29) is 0 Å². The molecule has 78 valence electrons. The molecule has 1 aliphatic rings. The van der Waals surface area contributed by atoms with E-state index in [9.17, 15) is 0 Å². The van der Waals surface area contributed by atoms with Crippen molar-refractivity contribution in [2.75, 3.05) is 19.6 Å². The molecule has 0 spiro atoms. The minimum absolute atomic E-state index is 0.669. The van der Waals surface area contributed by atoms with Crippen molar-refractivity contribution in [3.8, 4) is 0 Å². The molecule has 1 atom stereocenters. The molecule has 0 radical (unpaired) electrons. The van der Waals surface area contributed by atoms with Crippen LogP contribution in [0.5, 0.6) is 0 Å². The maximum Gasteiger partial charge on any atom is 0.0794 e. The van der Waals surface area contributed by atoms with Crippen LogP contribution >= 0.6 is 11.3 Å². The number of aromatic nitrogens is 1. The summed E-state index contributed by atoms with van der Waals surface area (Å²) in [5.74, 6) is 0. The molecule has 2 rings (SSSR count). The van der Waals surface area contributed by atoms with Crippen LogP contribution in [0, 0.1) is 0 Å².